The number of rotatable bonds is 4. The van der Waals surface area contributed by atoms with Gasteiger partial charge in [-0.15, -0.1) is 0 Å². The first kappa shape index (κ1) is 17.1. The molecule has 2 aromatic rings. The Morgan fingerprint density at radius 3 is 2.24 bits per heavy atom. The molecule has 6 nitrogen and oxygen atoms in total. The van der Waals surface area contributed by atoms with Crippen molar-refractivity contribution in [3.63, 3.8) is 0 Å². The number of aliphatic hydroxyl groups is 2. The third-order valence-corrected chi connectivity index (χ3v) is 4.30. The van der Waals surface area contributed by atoms with E-state index in [4.69, 9.17) is 0 Å². The van der Waals surface area contributed by atoms with Gasteiger partial charge in [-0.1, -0.05) is 48.5 Å². The SMILES string of the molecule is O=C(NCc1ccccc1)C1[C@H](O)[C@@H](O)CN1C(=O)c1ccccc1. The van der Waals surface area contributed by atoms with Gasteiger partial charge in [-0.05, 0) is 17.7 Å². The molecule has 2 aromatic carbocycles. The highest BCUT2D eigenvalue weighted by Gasteiger charge is 2.46. The minimum atomic E-state index is -1.32. The summed E-state index contributed by atoms with van der Waals surface area (Å²) < 4.78 is 0. The van der Waals surface area contributed by atoms with E-state index in [1.165, 1.54) is 4.90 Å². The molecule has 0 saturated carbocycles. The lowest BCUT2D eigenvalue weighted by Crippen LogP contribution is -2.50. The molecule has 1 aliphatic heterocycles. The van der Waals surface area contributed by atoms with Gasteiger partial charge in [0.25, 0.3) is 5.91 Å². The number of aliphatic hydroxyl groups excluding tert-OH is 2. The van der Waals surface area contributed by atoms with Crippen LogP contribution < -0.4 is 5.32 Å². The fraction of sp³-hybridized carbons (Fsp3) is 0.263. The summed E-state index contributed by atoms with van der Waals surface area (Å²) in [4.78, 5) is 26.4. The Bertz CT molecular complexity index is 736. The standard InChI is InChI=1S/C19H20N2O4/c22-15-12-21(19(25)14-9-5-2-6-10-14)16(17(15)23)18(24)20-11-13-7-3-1-4-8-13/h1-10,15-17,22-23H,11-12H2,(H,20,24)/t15-,16?,17+/m0/s1. The van der Waals surface area contributed by atoms with Gasteiger partial charge in [0.1, 0.15) is 18.2 Å². The molecule has 1 saturated heterocycles. The summed E-state index contributed by atoms with van der Waals surface area (Å²) >= 11 is 0. The molecule has 0 spiro atoms. The quantitative estimate of drug-likeness (QED) is 0.758. The number of hydrogen-bond donors (Lipinski definition) is 3. The van der Waals surface area contributed by atoms with Crippen molar-refractivity contribution < 1.29 is 19.8 Å². The smallest absolute Gasteiger partial charge is 0.254 e. The lowest BCUT2D eigenvalue weighted by Gasteiger charge is -2.25. The number of carbonyl (C=O) groups excluding carboxylic acids is 2. The second-order valence-electron chi connectivity index (χ2n) is 6.03. The highest BCUT2D eigenvalue weighted by atomic mass is 16.3. The third kappa shape index (κ3) is 3.70. The lowest BCUT2D eigenvalue weighted by atomic mass is 10.1. The molecule has 0 bridgehead atoms. The minimum Gasteiger partial charge on any atom is -0.388 e. The zero-order chi connectivity index (χ0) is 17.8. The van der Waals surface area contributed by atoms with Crippen molar-refractivity contribution in [2.75, 3.05) is 6.54 Å². The fourth-order valence-electron chi connectivity index (χ4n) is 2.96. The van der Waals surface area contributed by atoms with Gasteiger partial charge in [-0.2, -0.15) is 0 Å². The van der Waals surface area contributed by atoms with Crippen molar-refractivity contribution in [2.45, 2.75) is 24.8 Å². The van der Waals surface area contributed by atoms with Crippen LogP contribution in [0.5, 0.6) is 0 Å². The van der Waals surface area contributed by atoms with Crippen LogP contribution in [0.2, 0.25) is 0 Å². The van der Waals surface area contributed by atoms with E-state index >= 15 is 0 Å². The Morgan fingerprint density at radius 2 is 1.60 bits per heavy atom. The molecular weight excluding hydrogens is 320 g/mol. The van der Waals surface area contributed by atoms with Crippen molar-refractivity contribution in [2.24, 2.45) is 0 Å². The largest absolute Gasteiger partial charge is 0.388 e. The van der Waals surface area contributed by atoms with E-state index in [-0.39, 0.29) is 13.1 Å². The van der Waals surface area contributed by atoms with Crippen LogP contribution in [0.4, 0.5) is 0 Å². The fourth-order valence-corrected chi connectivity index (χ4v) is 2.96. The maximum Gasteiger partial charge on any atom is 0.254 e. The van der Waals surface area contributed by atoms with E-state index in [0.717, 1.165) is 5.56 Å². The first-order valence-electron chi connectivity index (χ1n) is 8.11. The number of nitrogens with zero attached hydrogens (tertiary/aromatic N) is 1. The summed E-state index contributed by atoms with van der Waals surface area (Å²) in [6.07, 6.45) is -2.47. The molecule has 130 valence electrons. The number of amides is 2. The van der Waals surface area contributed by atoms with Crippen LogP contribution in [0.1, 0.15) is 15.9 Å². The lowest BCUT2D eigenvalue weighted by molar-refractivity contribution is -0.128. The van der Waals surface area contributed by atoms with Gasteiger partial charge in [0.15, 0.2) is 0 Å². The molecule has 1 heterocycles. The first-order chi connectivity index (χ1) is 12.1. The molecule has 0 aliphatic carbocycles. The number of carbonyl (C=O) groups is 2. The molecular formula is C19H20N2O4. The summed E-state index contributed by atoms with van der Waals surface area (Å²) in [5.74, 6) is -0.881. The van der Waals surface area contributed by atoms with Crippen molar-refractivity contribution >= 4 is 11.8 Å². The number of hydrogen-bond acceptors (Lipinski definition) is 4. The summed E-state index contributed by atoms with van der Waals surface area (Å²) in [5, 5.41) is 22.9. The van der Waals surface area contributed by atoms with Gasteiger partial charge in [0.05, 0.1) is 6.54 Å². The Morgan fingerprint density at radius 1 is 1.00 bits per heavy atom. The molecule has 0 aromatic heterocycles. The first-order valence-corrected chi connectivity index (χ1v) is 8.11. The molecule has 2 amide bonds. The molecule has 6 heteroatoms. The van der Waals surface area contributed by atoms with Crippen LogP contribution in [-0.4, -0.2) is 51.7 Å². The second kappa shape index (κ2) is 7.46. The maximum atomic E-state index is 12.7. The van der Waals surface area contributed by atoms with Gasteiger partial charge in [0, 0.05) is 12.1 Å². The minimum absolute atomic E-state index is 0.0850. The summed E-state index contributed by atoms with van der Waals surface area (Å²) in [5.41, 5.74) is 1.31. The zero-order valence-corrected chi connectivity index (χ0v) is 13.6. The molecule has 1 fully saturated rings. The average molecular weight is 340 g/mol. The van der Waals surface area contributed by atoms with Crippen LogP contribution in [0.3, 0.4) is 0 Å². The topological polar surface area (TPSA) is 89.9 Å². The van der Waals surface area contributed by atoms with Gasteiger partial charge in [-0.25, -0.2) is 0 Å². The molecule has 3 N–H and O–H groups in total. The summed E-state index contributed by atoms with van der Waals surface area (Å²) in [6.45, 7) is 0.199. The number of β-amino-alcohol motifs (C(OH)–C–C–N with tert-alkyl or cyclic N) is 1. The van der Waals surface area contributed by atoms with E-state index in [0.29, 0.717) is 5.56 Å². The molecule has 1 aliphatic rings. The third-order valence-electron chi connectivity index (χ3n) is 4.30. The Balaban J connectivity index is 1.74. The normalized spacial score (nSPS) is 22.6. The molecule has 3 rings (SSSR count). The second-order valence-corrected chi connectivity index (χ2v) is 6.03. The van der Waals surface area contributed by atoms with Crippen molar-refractivity contribution in [1.29, 1.82) is 0 Å². The molecule has 1 unspecified atom stereocenters. The average Bonchev–Trinajstić information content (AvgIpc) is 2.95. The molecule has 3 atom stereocenters. The van der Waals surface area contributed by atoms with Crippen molar-refractivity contribution in [3.8, 4) is 0 Å². The number of benzene rings is 2. The predicted molar refractivity (Wildman–Crippen MR) is 91.6 cm³/mol. The zero-order valence-electron chi connectivity index (χ0n) is 13.6. The van der Waals surface area contributed by atoms with Crippen molar-refractivity contribution in [3.05, 3.63) is 71.8 Å². The van der Waals surface area contributed by atoms with Gasteiger partial charge >= 0.3 is 0 Å². The van der Waals surface area contributed by atoms with Gasteiger partial charge in [-0.3, -0.25) is 9.59 Å². The highest BCUT2D eigenvalue weighted by molar-refractivity contribution is 5.98. The van der Waals surface area contributed by atoms with Crippen molar-refractivity contribution in [1.82, 2.24) is 10.2 Å². The van der Waals surface area contributed by atoms with Crippen LogP contribution in [0.15, 0.2) is 60.7 Å². The van der Waals surface area contributed by atoms with E-state index in [9.17, 15) is 19.8 Å². The van der Waals surface area contributed by atoms with Crippen LogP contribution in [-0.2, 0) is 11.3 Å². The maximum absolute atomic E-state index is 12.7. The predicted octanol–water partition coefficient (Wildman–Crippen LogP) is 0.549. The number of nitrogens with one attached hydrogen (secondary N) is 1. The number of likely N-dealkylation sites (tertiary alicyclic amines) is 1. The van der Waals surface area contributed by atoms with Gasteiger partial charge < -0.3 is 20.4 Å². The van der Waals surface area contributed by atoms with E-state index in [1.54, 1.807) is 30.3 Å². The molecule has 25 heavy (non-hydrogen) atoms. The Hall–Kier alpha value is -2.70. The van der Waals surface area contributed by atoms with E-state index in [1.807, 2.05) is 30.3 Å². The summed E-state index contributed by atoms with van der Waals surface area (Å²) in [7, 11) is 0. The van der Waals surface area contributed by atoms with E-state index in [2.05, 4.69) is 5.32 Å². The van der Waals surface area contributed by atoms with Crippen LogP contribution in [0, 0.1) is 0 Å². The van der Waals surface area contributed by atoms with Crippen LogP contribution in [0.25, 0.3) is 0 Å². The Kier molecular flexibility index (Phi) is 5.11. The highest BCUT2D eigenvalue weighted by Crippen LogP contribution is 2.22. The monoisotopic (exact) mass is 340 g/mol. The Labute approximate surface area is 145 Å². The van der Waals surface area contributed by atoms with Crippen LogP contribution >= 0.6 is 0 Å². The van der Waals surface area contributed by atoms with E-state index < -0.39 is 30.1 Å². The van der Waals surface area contributed by atoms with Gasteiger partial charge in [0.2, 0.25) is 5.91 Å². The molecule has 0 radical (unpaired) electrons. The summed E-state index contributed by atoms with van der Waals surface area (Å²) in [6, 6.07) is 16.7.